The summed E-state index contributed by atoms with van der Waals surface area (Å²) >= 11 is 1.79. The van der Waals surface area contributed by atoms with Crippen molar-refractivity contribution in [3.8, 4) is 21.7 Å². The molecule has 3 aromatic carbocycles. The number of hydrogen-bond donors (Lipinski definition) is 0. The molecule has 6 rings (SSSR count). The molecule has 0 N–H and O–H groups in total. The second-order valence-electron chi connectivity index (χ2n) is 9.33. The molecule has 2 nitrogen and oxygen atoms in total. The lowest BCUT2D eigenvalue weighted by molar-refractivity contribution is 0.590. The molecular weight excluding hydrogens is 410 g/mol. The molecule has 32 heavy (non-hydrogen) atoms. The zero-order valence-electron chi connectivity index (χ0n) is 18.3. The van der Waals surface area contributed by atoms with E-state index in [0.29, 0.717) is 0 Å². The molecular formula is C29H23NOS. The van der Waals surface area contributed by atoms with Gasteiger partial charge in [-0.05, 0) is 46.2 Å². The summed E-state index contributed by atoms with van der Waals surface area (Å²) in [5.41, 5.74) is 6.54. The van der Waals surface area contributed by atoms with E-state index in [1.54, 1.807) is 11.3 Å². The van der Waals surface area contributed by atoms with E-state index in [9.17, 15) is 0 Å². The first-order chi connectivity index (χ1) is 15.5. The minimum Gasteiger partial charge on any atom is -0.455 e. The summed E-state index contributed by atoms with van der Waals surface area (Å²) in [6.07, 6.45) is 1.99. The number of hydrogen-bond acceptors (Lipinski definition) is 3. The molecule has 0 spiro atoms. The van der Waals surface area contributed by atoms with Gasteiger partial charge in [-0.25, -0.2) is 0 Å². The fraction of sp³-hybridized carbons (Fsp3) is 0.138. The Morgan fingerprint density at radius 2 is 1.59 bits per heavy atom. The summed E-state index contributed by atoms with van der Waals surface area (Å²) in [5.74, 6) is 0. The Labute approximate surface area is 191 Å². The molecule has 3 aromatic heterocycles. The van der Waals surface area contributed by atoms with Gasteiger partial charge in [-0.2, -0.15) is 0 Å². The Balaban J connectivity index is 1.44. The molecule has 0 bridgehead atoms. The Kier molecular flexibility index (Phi) is 4.24. The quantitative estimate of drug-likeness (QED) is 0.273. The summed E-state index contributed by atoms with van der Waals surface area (Å²) < 4.78 is 7.42. The predicted molar refractivity (Wildman–Crippen MR) is 136 cm³/mol. The van der Waals surface area contributed by atoms with Crippen LogP contribution in [0.5, 0.6) is 0 Å². The van der Waals surface area contributed by atoms with E-state index in [0.717, 1.165) is 33.2 Å². The van der Waals surface area contributed by atoms with Crippen LogP contribution in [0.3, 0.4) is 0 Å². The highest BCUT2D eigenvalue weighted by Crippen LogP contribution is 2.38. The van der Waals surface area contributed by atoms with Gasteiger partial charge in [-0.3, -0.25) is 4.98 Å². The topological polar surface area (TPSA) is 26.0 Å². The third-order valence-corrected chi connectivity index (χ3v) is 7.25. The van der Waals surface area contributed by atoms with Crippen LogP contribution in [0.2, 0.25) is 0 Å². The van der Waals surface area contributed by atoms with Crippen molar-refractivity contribution in [2.75, 3.05) is 0 Å². The molecule has 0 radical (unpaired) electrons. The SMILES string of the molecule is CC(C)(C)c1ccc(-c2cc3cc(-c4cccc5c4oc4ccccc45)ncc3s2)cc1. The molecule has 0 atom stereocenters. The number of benzene rings is 3. The molecule has 0 unspecified atom stereocenters. The number of thiophene rings is 1. The average Bonchev–Trinajstić information content (AvgIpc) is 3.39. The summed E-state index contributed by atoms with van der Waals surface area (Å²) in [6, 6.07) is 27.9. The Morgan fingerprint density at radius 3 is 2.41 bits per heavy atom. The molecule has 0 fully saturated rings. The third kappa shape index (κ3) is 3.12. The zero-order valence-corrected chi connectivity index (χ0v) is 19.2. The van der Waals surface area contributed by atoms with Crippen LogP contribution in [0.1, 0.15) is 26.3 Å². The first-order valence-corrected chi connectivity index (χ1v) is 11.7. The fourth-order valence-electron chi connectivity index (χ4n) is 4.32. The maximum absolute atomic E-state index is 6.23. The second kappa shape index (κ2) is 7.04. The van der Waals surface area contributed by atoms with Gasteiger partial charge in [-0.15, -0.1) is 11.3 Å². The van der Waals surface area contributed by atoms with Crippen molar-refractivity contribution in [3.63, 3.8) is 0 Å². The molecule has 6 aromatic rings. The lowest BCUT2D eigenvalue weighted by Crippen LogP contribution is -2.10. The van der Waals surface area contributed by atoms with E-state index >= 15 is 0 Å². The van der Waals surface area contributed by atoms with E-state index < -0.39 is 0 Å². The standard InChI is InChI=1S/C29H23NOS/c1-29(2,3)20-13-11-18(12-14-20)26-16-19-15-24(30-17-27(19)32-26)23-9-6-8-22-21-7-4-5-10-25(21)31-28(22)23/h4-17H,1-3H3. The van der Waals surface area contributed by atoms with E-state index in [2.05, 4.69) is 87.5 Å². The predicted octanol–water partition coefficient (Wildman–Crippen LogP) is 8.83. The first-order valence-electron chi connectivity index (χ1n) is 10.9. The number of furan rings is 1. The van der Waals surface area contributed by atoms with Crippen molar-refractivity contribution in [3.05, 3.63) is 90.6 Å². The van der Waals surface area contributed by atoms with Gasteiger partial charge in [0.05, 0.1) is 10.4 Å². The maximum atomic E-state index is 6.23. The minimum absolute atomic E-state index is 0.162. The first kappa shape index (κ1) is 19.3. The fourth-order valence-corrected chi connectivity index (χ4v) is 5.34. The number of nitrogens with zero attached hydrogens (tertiary/aromatic N) is 1. The Bertz CT molecular complexity index is 1600. The van der Waals surface area contributed by atoms with Crippen molar-refractivity contribution in [1.29, 1.82) is 0 Å². The number of fused-ring (bicyclic) bond motifs is 4. The lowest BCUT2D eigenvalue weighted by Gasteiger charge is -2.18. The molecule has 0 aliphatic carbocycles. The van der Waals surface area contributed by atoms with Gasteiger partial charge in [0, 0.05) is 27.4 Å². The number of rotatable bonds is 2. The van der Waals surface area contributed by atoms with Gasteiger partial charge in [0.1, 0.15) is 11.2 Å². The van der Waals surface area contributed by atoms with Crippen LogP contribution in [0.4, 0.5) is 0 Å². The van der Waals surface area contributed by atoms with Crippen molar-refractivity contribution >= 4 is 43.4 Å². The van der Waals surface area contributed by atoms with E-state index in [4.69, 9.17) is 9.40 Å². The molecule has 0 amide bonds. The monoisotopic (exact) mass is 433 g/mol. The summed E-state index contributed by atoms with van der Waals surface area (Å²) in [5, 5.41) is 3.48. The van der Waals surface area contributed by atoms with Gasteiger partial charge in [0.15, 0.2) is 0 Å². The van der Waals surface area contributed by atoms with E-state index in [-0.39, 0.29) is 5.41 Å². The normalized spacial score (nSPS) is 12.2. The van der Waals surface area contributed by atoms with Gasteiger partial charge in [-0.1, -0.05) is 75.4 Å². The highest BCUT2D eigenvalue weighted by molar-refractivity contribution is 7.22. The summed E-state index contributed by atoms with van der Waals surface area (Å²) in [4.78, 5) is 6.07. The van der Waals surface area contributed by atoms with Gasteiger partial charge in [0.2, 0.25) is 0 Å². The Morgan fingerprint density at radius 1 is 0.812 bits per heavy atom. The largest absolute Gasteiger partial charge is 0.455 e. The van der Waals surface area contributed by atoms with Crippen molar-refractivity contribution < 1.29 is 4.42 Å². The van der Waals surface area contributed by atoms with Crippen LogP contribution in [0.25, 0.3) is 53.7 Å². The van der Waals surface area contributed by atoms with Crippen LogP contribution in [0.15, 0.2) is 89.5 Å². The van der Waals surface area contributed by atoms with Crippen molar-refractivity contribution in [2.24, 2.45) is 0 Å². The average molecular weight is 434 g/mol. The Hall–Kier alpha value is -3.43. The van der Waals surface area contributed by atoms with Crippen LogP contribution in [0, 0.1) is 0 Å². The number of para-hydroxylation sites is 2. The van der Waals surface area contributed by atoms with E-state index in [1.165, 1.54) is 26.1 Å². The lowest BCUT2D eigenvalue weighted by atomic mass is 9.86. The maximum Gasteiger partial charge on any atom is 0.144 e. The zero-order chi connectivity index (χ0) is 21.9. The van der Waals surface area contributed by atoms with Crippen molar-refractivity contribution in [1.82, 2.24) is 4.98 Å². The molecule has 156 valence electrons. The van der Waals surface area contributed by atoms with Gasteiger partial charge >= 0.3 is 0 Å². The van der Waals surface area contributed by atoms with Crippen LogP contribution >= 0.6 is 11.3 Å². The number of pyridine rings is 1. The molecule has 3 heteroatoms. The van der Waals surface area contributed by atoms with Crippen LogP contribution in [-0.4, -0.2) is 4.98 Å². The van der Waals surface area contributed by atoms with E-state index in [1.807, 2.05) is 18.3 Å². The minimum atomic E-state index is 0.162. The summed E-state index contributed by atoms with van der Waals surface area (Å²) in [6.45, 7) is 6.74. The molecule has 3 heterocycles. The number of aromatic nitrogens is 1. The molecule has 0 saturated carbocycles. The van der Waals surface area contributed by atoms with Crippen LogP contribution in [-0.2, 0) is 5.41 Å². The second-order valence-corrected chi connectivity index (χ2v) is 10.4. The third-order valence-electron chi connectivity index (χ3n) is 6.12. The highest BCUT2D eigenvalue weighted by atomic mass is 32.1. The van der Waals surface area contributed by atoms with Crippen LogP contribution < -0.4 is 0 Å². The summed E-state index contributed by atoms with van der Waals surface area (Å²) in [7, 11) is 0. The van der Waals surface area contributed by atoms with Gasteiger partial charge in [0.25, 0.3) is 0 Å². The molecule has 0 saturated heterocycles. The molecule has 0 aliphatic rings. The smallest absolute Gasteiger partial charge is 0.144 e. The van der Waals surface area contributed by atoms with Gasteiger partial charge < -0.3 is 4.42 Å². The molecule has 0 aliphatic heterocycles. The highest BCUT2D eigenvalue weighted by Gasteiger charge is 2.15. The van der Waals surface area contributed by atoms with Crippen molar-refractivity contribution in [2.45, 2.75) is 26.2 Å².